The number of amides is 1. The number of thiazole rings is 1. The van der Waals surface area contributed by atoms with Gasteiger partial charge in [-0.1, -0.05) is 6.07 Å². The van der Waals surface area contributed by atoms with E-state index in [1.54, 1.807) is 16.7 Å². The number of carboxylic acids is 1. The molecular weight excluding hydrogens is 324 g/mol. The van der Waals surface area contributed by atoms with Crippen LogP contribution in [0.3, 0.4) is 0 Å². The highest BCUT2D eigenvalue weighted by Crippen LogP contribution is 2.28. The Balaban J connectivity index is 1.77. The number of nitrogens with zero attached hydrogens (tertiary/aromatic N) is 1. The quantitative estimate of drug-likeness (QED) is 0.892. The molecule has 1 aliphatic heterocycles. The van der Waals surface area contributed by atoms with Crippen LogP contribution in [0.4, 0.5) is 0 Å². The molecular formula is C14H14N2O4S2. The number of carboxylic acid groups (broad SMARTS) is 1. The van der Waals surface area contributed by atoms with Crippen molar-refractivity contribution < 1.29 is 19.4 Å². The molecule has 2 aromatic heterocycles. The molecule has 0 radical (unpaired) electrons. The maximum atomic E-state index is 12.3. The summed E-state index contributed by atoms with van der Waals surface area (Å²) in [6, 6.07) is 3.85. The molecule has 116 valence electrons. The molecule has 8 heteroatoms. The maximum Gasteiger partial charge on any atom is 0.329 e. The lowest BCUT2D eigenvalue weighted by Crippen LogP contribution is -2.57. The maximum absolute atomic E-state index is 12.3. The van der Waals surface area contributed by atoms with E-state index in [1.165, 1.54) is 11.3 Å². The normalized spacial score (nSPS) is 17.1. The van der Waals surface area contributed by atoms with Gasteiger partial charge in [-0.2, -0.15) is 0 Å². The summed E-state index contributed by atoms with van der Waals surface area (Å²) >= 11 is 2.92. The first-order valence-electron chi connectivity index (χ1n) is 6.74. The zero-order valence-electron chi connectivity index (χ0n) is 11.6. The van der Waals surface area contributed by atoms with Crippen LogP contribution in [-0.4, -0.2) is 40.7 Å². The van der Waals surface area contributed by atoms with E-state index in [0.717, 1.165) is 9.88 Å². The van der Waals surface area contributed by atoms with E-state index in [-0.39, 0.29) is 18.5 Å². The smallest absolute Gasteiger partial charge is 0.329 e. The molecule has 0 saturated carbocycles. The summed E-state index contributed by atoms with van der Waals surface area (Å²) in [5.41, 5.74) is -1.01. The van der Waals surface area contributed by atoms with E-state index in [4.69, 9.17) is 4.74 Å². The summed E-state index contributed by atoms with van der Waals surface area (Å²) in [5.74, 6) is -1.48. The standard InChI is InChI=1S/C14H14N2O4S2/c17-11(16-14(13(18)19)3-5-20-6-4-14)9-8-22-12(15-9)10-2-1-7-21-10/h1-2,7-8H,3-6H2,(H,16,17)(H,18,19). The van der Waals surface area contributed by atoms with Crippen molar-refractivity contribution in [3.8, 4) is 9.88 Å². The van der Waals surface area contributed by atoms with Crippen molar-refractivity contribution in [3.05, 3.63) is 28.6 Å². The van der Waals surface area contributed by atoms with Gasteiger partial charge < -0.3 is 15.2 Å². The highest BCUT2D eigenvalue weighted by atomic mass is 32.1. The number of nitrogens with one attached hydrogen (secondary N) is 1. The Morgan fingerprint density at radius 1 is 1.32 bits per heavy atom. The summed E-state index contributed by atoms with van der Waals surface area (Å²) in [6.45, 7) is 0.647. The van der Waals surface area contributed by atoms with Crippen molar-refractivity contribution in [2.24, 2.45) is 0 Å². The van der Waals surface area contributed by atoms with Crippen LogP contribution in [-0.2, 0) is 9.53 Å². The van der Waals surface area contributed by atoms with Gasteiger partial charge in [-0.25, -0.2) is 9.78 Å². The third kappa shape index (κ3) is 2.90. The van der Waals surface area contributed by atoms with Crippen molar-refractivity contribution in [1.29, 1.82) is 0 Å². The lowest BCUT2D eigenvalue weighted by Gasteiger charge is -2.33. The number of hydrogen-bond acceptors (Lipinski definition) is 6. The summed E-state index contributed by atoms with van der Waals surface area (Å²) in [6.07, 6.45) is 0.520. The molecule has 1 amide bonds. The number of carbonyl (C=O) groups is 2. The molecule has 6 nitrogen and oxygen atoms in total. The third-order valence-corrected chi connectivity index (χ3v) is 5.46. The average Bonchev–Trinajstić information content (AvgIpc) is 3.19. The van der Waals surface area contributed by atoms with Gasteiger partial charge in [0.1, 0.15) is 16.2 Å². The first-order chi connectivity index (χ1) is 10.6. The number of aliphatic carboxylic acids is 1. The van der Waals surface area contributed by atoms with E-state index in [1.807, 2.05) is 17.5 Å². The summed E-state index contributed by atoms with van der Waals surface area (Å²) < 4.78 is 5.19. The van der Waals surface area contributed by atoms with Gasteiger partial charge in [-0.3, -0.25) is 4.79 Å². The van der Waals surface area contributed by atoms with Crippen LogP contribution < -0.4 is 5.32 Å². The van der Waals surface area contributed by atoms with Crippen molar-refractivity contribution in [2.75, 3.05) is 13.2 Å². The Morgan fingerprint density at radius 2 is 2.09 bits per heavy atom. The lowest BCUT2D eigenvalue weighted by atomic mass is 9.90. The monoisotopic (exact) mass is 338 g/mol. The number of aromatic nitrogens is 1. The predicted octanol–water partition coefficient (Wildman–Crippen LogP) is 2.24. The molecule has 3 heterocycles. The summed E-state index contributed by atoms with van der Waals surface area (Å²) in [4.78, 5) is 29.2. The molecule has 0 spiro atoms. The van der Waals surface area contributed by atoms with Crippen LogP contribution in [0.5, 0.6) is 0 Å². The largest absolute Gasteiger partial charge is 0.480 e. The highest BCUT2D eigenvalue weighted by Gasteiger charge is 2.42. The lowest BCUT2D eigenvalue weighted by molar-refractivity contribution is -0.148. The Bertz CT molecular complexity index is 675. The molecule has 1 fully saturated rings. The third-order valence-electron chi connectivity index (χ3n) is 3.58. The summed E-state index contributed by atoms with van der Waals surface area (Å²) in [7, 11) is 0. The van der Waals surface area contributed by atoms with Gasteiger partial charge in [0.05, 0.1) is 4.88 Å². The van der Waals surface area contributed by atoms with Crippen LogP contribution in [0.1, 0.15) is 23.3 Å². The molecule has 0 aliphatic carbocycles. The minimum Gasteiger partial charge on any atom is -0.480 e. The molecule has 1 saturated heterocycles. The summed E-state index contributed by atoms with van der Waals surface area (Å²) in [5, 5.41) is 16.4. The highest BCUT2D eigenvalue weighted by molar-refractivity contribution is 7.20. The Kier molecular flexibility index (Phi) is 4.23. The van der Waals surface area contributed by atoms with Crippen LogP contribution in [0.15, 0.2) is 22.9 Å². The Morgan fingerprint density at radius 3 is 2.73 bits per heavy atom. The number of hydrogen-bond donors (Lipinski definition) is 2. The van der Waals surface area contributed by atoms with Crippen molar-refractivity contribution >= 4 is 34.6 Å². The second-order valence-corrected chi connectivity index (χ2v) is 6.77. The first kappa shape index (κ1) is 15.1. The first-order valence-corrected chi connectivity index (χ1v) is 8.50. The fourth-order valence-corrected chi connectivity index (χ4v) is 3.90. The second kappa shape index (κ2) is 6.15. The number of rotatable bonds is 4. The molecule has 22 heavy (non-hydrogen) atoms. The van der Waals surface area contributed by atoms with E-state index < -0.39 is 17.4 Å². The molecule has 1 aliphatic rings. The zero-order chi connectivity index (χ0) is 15.6. The van der Waals surface area contributed by atoms with Crippen molar-refractivity contribution in [1.82, 2.24) is 10.3 Å². The molecule has 3 rings (SSSR count). The Labute approximate surface area is 134 Å². The minimum atomic E-state index is -1.26. The van der Waals surface area contributed by atoms with Gasteiger partial charge in [0.2, 0.25) is 0 Å². The minimum absolute atomic E-state index is 0.250. The van der Waals surface area contributed by atoms with Gasteiger partial charge in [0.25, 0.3) is 5.91 Å². The number of ether oxygens (including phenoxy) is 1. The molecule has 2 aromatic rings. The van der Waals surface area contributed by atoms with Crippen LogP contribution in [0, 0.1) is 0 Å². The molecule has 2 N–H and O–H groups in total. The average molecular weight is 338 g/mol. The van der Waals surface area contributed by atoms with Crippen molar-refractivity contribution in [2.45, 2.75) is 18.4 Å². The van der Waals surface area contributed by atoms with Crippen LogP contribution in [0.25, 0.3) is 9.88 Å². The van der Waals surface area contributed by atoms with Gasteiger partial charge in [-0.05, 0) is 11.4 Å². The van der Waals surface area contributed by atoms with E-state index in [2.05, 4.69) is 10.3 Å². The predicted molar refractivity (Wildman–Crippen MR) is 83.3 cm³/mol. The van der Waals surface area contributed by atoms with Crippen LogP contribution >= 0.6 is 22.7 Å². The van der Waals surface area contributed by atoms with E-state index in [9.17, 15) is 14.7 Å². The fourth-order valence-electron chi connectivity index (χ4n) is 2.28. The fraction of sp³-hybridized carbons (Fsp3) is 0.357. The molecule has 0 aromatic carbocycles. The van der Waals surface area contributed by atoms with E-state index in [0.29, 0.717) is 13.2 Å². The molecule has 0 unspecified atom stereocenters. The topological polar surface area (TPSA) is 88.5 Å². The second-order valence-electron chi connectivity index (χ2n) is 4.97. The van der Waals surface area contributed by atoms with Gasteiger partial charge in [-0.15, -0.1) is 22.7 Å². The van der Waals surface area contributed by atoms with Crippen molar-refractivity contribution in [3.63, 3.8) is 0 Å². The Hall–Kier alpha value is -1.77. The van der Waals surface area contributed by atoms with E-state index >= 15 is 0 Å². The number of thiophene rings is 1. The van der Waals surface area contributed by atoms with Crippen LogP contribution in [0.2, 0.25) is 0 Å². The van der Waals surface area contributed by atoms with Gasteiger partial charge in [0, 0.05) is 31.4 Å². The van der Waals surface area contributed by atoms with Gasteiger partial charge in [0.15, 0.2) is 0 Å². The molecule has 0 atom stereocenters. The van der Waals surface area contributed by atoms with Gasteiger partial charge >= 0.3 is 5.97 Å². The zero-order valence-corrected chi connectivity index (χ0v) is 13.2. The molecule has 0 bridgehead atoms. The number of carbonyl (C=O) groups excluding carboxylic acids is 1. The SMILES string of the molecule is O=C(NC1(C(=O)O)CCOCC1)c1csc(-c2cccs2)n1.